The third-order valence-corrected chi connectivity index (χ3v) is 1.21. The van der Waals surface area contributed by atoms with Gasteiger partial charge in [-0.2, -0.15) is 0 Å². The van der Waals surface area contributed by atoms with E-state index in [9.17, 15) is 0 Å². The molecule has 0 aromatic carbocycles. The molecule has 0 amide bonds. The Kier molecular flexibility index (Phi) is 4.67. The van der Waals surface area contributed by atoms with Crippen LogP contribution in [-0.4, -0.2) is 30.5 Å². The van der Waals surface area contributed by atoms with Crippen molar-refractivity contribution in [1.82, 2.24) is 0 Å². The molecule has 0 aromatic rings. The molecule has 0 spiro atoms. The van der Waals surface area contributed by atoms with Gasteiger partial charge in [-0.15, -0.1) is 0 Å². The normalized spacial score (nSPS) is 17.3. The van der Waals surface area contributed by atoms with Gasteiger partial charge < -0.3 is 15.6 Å². The Morgan fingerprint density at radius 2 is 2.11 bits per heavy atom. The molecule has 0 saturated carbocycles. The molecule has 3 heteroatoms. The average molecular weight is 133 g/mol. The molecule has 0 aromatic heterocycles. The van der Waals surface area contributed by atoms with E-state index in [0.717, 1.165) is 0 Å². The average Bonchev–Trinajstić information content (AvgIpc) is 1.82. The molecule has 3 nitrogen and oxygen atoms in total. The summed E-state index contributed by atoms with van der Waals surface area (Å²) in [6, 6.07) is 0.0385. The van der Waals surface area contributed by atoms with E-state index in [1.165, 1.54) is 0 Å². The lowest BCUT2D eigenvalue weighted by atomic mass is 10.2. The maximum absolute atomic E-state index is 8.33. The summed E-state index contributed by atoms with van der Waals surface area (Å²) < 4.78 is 5.08. The van der Waals surface area contributed by atoms with E-state index in [0.29, 0.717) is 6.61 Å². The highest BCUT2D eigenvalue weighted by Crippen LogP contribution is 1.93. The number of hydrogen-bond acceptors (Lipinski definition) is 3. The second kappa shape index (κ2) is 4.73. The molecule has 0 aliphatic rings. The smallest absolute Gasteiger partial charge is 0.0702 e. The Hall–Kier alpha value is -0.120. The van der Waals surface area contributed by atoms with Crippen molar-refractivity contribution in [3.8, 4) is 0 Å². The van der Waals surface area contributed by atoms with Gasteiger partial charge >= 0.3 is 0 Å². The lowest BCUT2D eigenvalue weighted by Crippen LogP contribution is -2.32. The van der Waals surface area contributed by atoms with Gasteiger partial charge in [0, 0.05) is 6.04 Å². The maximum atomic E-state index is 8.33. The van der Waals surface area contributed by atoms with E-state index in [2.05, 4.69) is 0 Å². The number of rotatable bonds is 4. The molecule has 9 heavy (non-hydrogen) atoms. The quantitative estimate of drug-likeness (QED) is 0.555. The fraction of sp³-hybridized carbons (Fsp3) is 1.00. The minimum Gasteiger partial charge on any atom is -0.394 e. The third-order valence-electron chi connectivity index (χ3n) is 1.21. The second-order valence-electron chi connectivity index (χ2n) is 2.16. The number of ether oxygens (including phenoxy) is 1. The van der Waals surface area contributed by atoms with Gasteiger partial charge in [0.15, 0.2) is 0 Å². The fourth-order valence-electron chi connectivity index (χ4n) is 0.390. The summed E-state index contributed by atoms with van der Waals surface area (Å²) >= 11 is 0. The van der Waals surface area contributed by atoms with Crippen LogP contribution >= 0.6 is 0 Å². The highest BCUT2D eigenvalue weighted by molar-refractivity contribution is 4.61. The van der Waals surface area contributed by atoms with Crippen molar-refractivity contribution >= 4 is 0 Å². The van der Waals surface area contributed by atoms with Crippen molar-refractivity contribution in [2.24, 2.45) is 5.73 Å². The van der Waals surface area contributed by atoms with E-state index in [1.807, 2.05) is 13.8 Å². The molecule has 0 aliphatic heterocycles. The zero-order valence-corrected chi connectivity index (χ0v) is 6.00. The number of aliphatic hydroxyl groups is 1. The molecule has 0 bridgehead atoms. The summed E-state index contributed by atoms with van der Waals surface area (Å²) in [5.74, 6) is 0. The van der Waals surface area contributed by atoms with Gasteiger partial charge in [-0.3, -0.25) is 0 Å². The Morgan fingerprint density at radius 1 is 1.56 bits per heavy atom. The fourth-order valence-corrected chi connectivity index (χ4v) is 0.390. The maximum Gasteiger partial charge on any atom is 0.0702 e. The molecular formula is C6H15NO2. The SMILES string of the molecule is CC(N)C(C)OCCO. The van der Waals surface area contributed by atoms with E-state index in [1.54, 1.807) is 0 Å². The Labute approximate surface area is 55.8 Å². The predicted molar refractivity (Wildman–Crippen MR) is 36.1 cm³/mol. The molecular weight excluding hydrogens is 118 g/mol. The van der Waals surface area contributed by atoms with Gasteiger partial charge in [-0.1, -0.05) is 0 Å². The first-order valence-electron chi connectivity index (χ1n) is 3.16. The van der Waals surface area contributed by atoms with Crippen LogP contribution < -0.4 is 5.73 Å². The summed E-state index contributed by atoms with van der Waals surface area (Å²) in [6.07, 6.45) is 0.0390. The van der Waals surface area contributed by atoms with E-state index in [4.69, 9.17) is 15.6 Å². The minimum atomic E-state index is 0.0385. The van der Waals surface area contributed by atoms with Gasteiger partial charge in [-0.05, 0) is 13.8 Å². The molecule has 0 rings (SSSR count). The number of nitrogens with two attached hydrogens (primary N) is 1. The Morgan fingerprint density at radius 3 is 2.44 bits per heavy atom. The summed E-state index contributed by atoms with van der Waals surface area (Å²) in [4.78, 5) is 0. The minimum absolute atomic E-state index is 0.0385. The molecule has 0 aliphatic carbocycles. The van der Waals surface area contributed by atoms with Crippen LogP contribution in [-0.2, 0) is 4.74 Å². The van der Waals surface area contributed by atoms with Crippen molar-refractivity contribution in [2.75, 3.05) is 13.2 Å². The van der Waals surface area contributed by atoms with Crippen molar-refractivity contribution in [3.05, 3.63) is 0 Å². The number of hydrogen-bond donors (Lipinski definition) is 2. The first-order chi connectivity index (χ1) is 4.18. The van der Waals surface area contributed by atoms with Gasteiger partial charge in [0.2, 0.25) is 0 Å². The highest BCUT2D eigenvalue weighted by atomic mass is 16.5. The molecule has 0 saturated heterocycles. The monoisotopic (exact) mass is 133 g/mol. The zero-order valence-electron chi connectivity index (χ0n) is 6.00. The van der Waals surface area contributed by atoms with Crippen LogP contribution in [0, 0.1) is 0 Å². The van der Waals surface area contributed by atoms with Crippen molar-refractivity contribution in [3.63, 3.8) is 0 Å². The van der Waals surface area contributed by atoms with Crippen LogP contribution in [0.25, 0.3) is 0 Å². The highest BCUT2D eigenvalue weighted by Gasteiger charge is 2.05. The van der Waals surface area contributed by atoms with Crippen LogP contribution in [0.3, 0.4) is 0 Å². The standard InChI is InChI=1S/C6H15NO2/c1-5(7)6(2)9-4-3-8/h5-6,8H,3-4,7H2,1-2H3. The molecule has 2 unspecified atom stereocenters. The van der Waals surface area contributed by atoms with E-state index < -0.39 is 0 Å². The summed E-state index contributed by atoms with van der Waals surface area (Å²) in [5, 5.41) is 8.33. The predicted octanol–water partition coefficient (Wildman–Crippen LogP) is -0.269. The Balaban J connectivity index is 3.16. The summed E-state index contributed by atoms with van der Waals surface area (Å²) in [6.45, 7) is 4.21. The summed E-state index contributed by atoms with van der Waals surface area (Å²) in [7, 11) is 0. The van der Waals surface area contributed by atoms with Crippen LogP contribution in [0.4, 0.5) is 0 Å². The van der Waals surface area contributed by atoms with Gasteiger partial charge in [0.05, 0.1) is 19.3 Å². The molecule has 0 fully saturated rings. The first kappa shape index (κ1) is 8.88. The molecule has 3 N–H and O–H groups in total. The zero-order chi connectivity index (χ0) is 7.28. The van der Waals surface area contributed by atoms with Crippen LogP contribution in [0.1, 0.15) is 13.8 Å². The Bertz CT molecular complexity index is 66.1. The second-order valence-corrected chi connectivity index (χ2v) is 2.16. The molecule has 0 radical (unpaired) electrons. The topological polar surface area (TPSA) is 55.5 Å². The lowest BCUT2D eigenvalue weighted by Gasteiger charge is -2.14. The third kappa shape index (κ3) is 4.39. The van der Waals surface area contributed by atoms with Crippen molar-refractivity contribution < 1.29 is 9.84 Å². The van der Waals surface area contributed by atoms with Crippen molar-refractivity contribution in [1.29, 1.82) is 0 Å². The van der Waals surface area contributed by atoms with Crippen LogP contribution in [0.15, 0.2) is 0 Å². The lowest BCUT2D eigenvalue weighted by molar-refractivity contribution is 0.0283. The first-order valence-corrected chi connectivity index (χ1v) is 3.16. The van der Waals surface area contributed by atoms with E-state index in [-0.39, 0.29) is 18.8 Å². The van der Waals surface area contributed by atoms with Gasteiger partial charge in [0.25, 0.3) is 0 Å². The molecule has 56 valence electrons. The van der Waals surface area contributed by atoms with Crippen molar-refractivity contribution in [2.45, 2.75) is 26.0 Å². The van der Waals surface area contributed by atoms with E-state index >= 15 is 0 Å². The van der Waals surface area contributed by atoms with Crippen LogP contribution in [0.2, 0.25) is 0 Å². The van der Waals surface area contributed by atoms with Gasteiger partial charge in [0.1, 0.15) is 0 Å². The van der Waals surface area contributed by atoms with Crippen LogP contribution in [0.5, 0.6) is 0 Å². The molecule has 2 atom stereocenters. The summed E-state index contributed by atoms with van der Waals surface area (Å²) in [5.41, 5.74) is 5.47. The largest absolute Gasteiger partial charge is 0.394 e. The number of aliphatic hydroxyl groups excluding tert-OH is 1. The van der Waals surface area contributed by atoms with Gasteiger partial charge in [-0.25, -0.2) is 0 Å². The molecule has 0 heterocycles.